The molecule has 2 atom stereocenters. The number of ketones is 1. The van der Waals surface area contributed by atoms with Gasteiger partial charge < -0.3 is 10.1 Å². The van der Waals surface area contributed by atoms with Gasteiger partial charge in [-0.15, -0.1) is 11.3 Å². The highest BCUT2D eigenvalue weighted by Gasteiger charge is 2.41. The Hall–Kier alpha value is -2.25. The van der Waals surface area contributed by atoms with Crippen LogP contribution in [0.4, 0.5) is 4.39 Å². The second-order valence-corrected chi connectivity index (χ2v) is 9.03. The second kappa shape index (κ2) is 7.88. The Bertz CT molecular complexity index is 1060. The molecule has 1 aromatic heterocycles. The SMILES string of the molecule is COC(=O)C1=C(C)NC2=C(C(=O)CC(c3cccs3)C2)C1c1ccc(F)c(Br)c1. The maximum atomic E-state index is 13.8. The van der Waals surface area contributed by atoms with Gasteiger partial charge in [0, 0.05) is 40.1 Å². The summed E-state index contributed by atoms with van der Waals surface area (Å²) in [5, 5.41) is 5.30. The van der Waals surface area contributed by atoms with E-state index in [0.29, 0.717) is 35.2 Å². The van der Waals surface area contributed by atoms with E-state index < -0.39 is 17.7 Å². The minimum Gasteiger partial charge on any atom is -0.466 e. The summed E-state index contributed by atoms with van der Waals surface area (Å²) < 4.78 is 19.1. The number of rotatable bonds is 3. The molecule has 4 rings (SSSR count). The lowest BCUT2D eigenvalue weighted by molar-refractivity contribution is -0.136. The molecule has 0 saturated heterocycles. The lowest BCUT2D eigenvalue weighted by Gasteiger charge is -2.36. The molecule has 150 valence electrons. The monoisotopic (exact) mass is 475 g/mol. The van der Waals surface area contributed by atoms with Crippen LogP contribution in [0, 0.1) is 5.82 Å². The van der Waals surface area contributed by atoms with Crippen LogP contribution in [-0.2, 0) is 14.3 Å². The van der Waals surface area contributed by atoms with Gasteiger partial charge in [-0.1, -0.05) is 12.1 Å². The molecule has 0 saturated carbocycles. The molecule has 0 spiro atoms. The van der Waals surface area contributed by atoms with Crippen LogP contribution in [0.15, 0.2) is 62.7 Å². The highest BCUT2D eigenvalue weighted by molar-refractivity contribution is 9.10. The van der Waals surface area contributed by atoms with Crippen LogP contribution < -0.4 is 5.32 Å². The van der Waals surface area contributed by atoms with Gasteiger partial charge in [0.05, 0.1) is 17.2 Å². The van der Waals surface area contributed by atoms with Crippen molar-refractivity contribution in [3.05, 3.63) is 79.0 Å². The quantitative estimate of drug-likeness (QED) is 0.620. The van der Waals surface area contributed by atoms with Crippen molar-refractivity contribution in [1.82, 2.24) is 5.32 Å². The molecule has 0 radical (unpaired) electrons. The summed E-state index contributed by atoms with van der Waals surface area (Å²) in [6.07, 6.45) is 1.07. The summed E-state index contributed by atoms with van der Waals surface area (Å²) in [7, 11) is 1.32. The van der Waals surface area contributed by atoms with Crippen LogP contribution in [0.5, 0.6) is 0 Å². The molecule has 2 heterocycles. The predicted octanol–water partition coefficient (Wildman–Crippen LogP) is 5.18. The lowest BCUT2D eigenvalue weighted by Crippen LogP contribution is -2.35. The fraction of sp³-hybridized carbons (Fsp3) is 0.273. The molecule has 1 aliphatic carbocycles. The molecule has 2 aliphatic rings. The van der Waals surface area contributed by atoms with Crippen molar-refractivity contribution in [2.24, 2.45) is 0 Å². The first kappa shape index (κ1) is 20.0. The number of hydrogen-bond acceptors (Lipinski definition) is 5. The average Bonchev–Trinajstić information content (AvgIpc) is 3.23. The van der Waals surface area contributed by atoms with E-state index in [1.165, 1.54) is 18.1 Å². The van der Waals surface area contributed by atoms with Crippen LogP contribution in [0.1, 0.15) is 42.0 Å². The molecule has 2 aromatic rings. The molecule has 1 aromatic carbocycles. The number of carbonyl (C=O) groups excluding carboxylic acids is 2. The molecule has 4 nitrogen and oxygen atoms in total. The number of methoxy groups -OCH3 is 1. The van der Waals surface area contributed by atoms with Gasteiger partial charge in [-0.25, -0.2) is 9.18 Å². The molecule has 1 aliphatic heterocycles. The number of ether oxygens (including phenoxy) is 1. The van der Waals surface area contributed by atoms with Gasteiger partial charge in [-0.3, -0.25) is 4.79 Å². The molecule has 1 N–H and O–H groups in total. The first-order valence-corrected chi connectivity index (χ1v) is 10.9. The third-order valence-corrected chi connectivity index (χ3v) is 7.10. The van der Waals surface area contributed by atoms with Crippen molar-refractivity contribution >= 4 is 39.0 Å². The molecular formula is C22H19BrFNO3S. The molecule has 0 amide bonds. The third kappa shape index (κ3) is 3.57. The Kier molecular flexibility index (Phi) is 5.44. The van der Waals surface area contributed by atoms with Gasteiger partial charge in [0.1, 0.15) is 5.82 Å². The summed E-state index contributed by atoms with van der Waals surface area (Å²) in [6.45, 7) is 1.81. The van der Waals surface area contributed by atoms with E-state index in [1.54, 1.807) is 30.4 Å². The smallest absolute Gasteiger partial charge is 0.336 e. The van der Waals surface area contributed by atoms with E-state index in [-0.39, 0.29) is 16.2 Å². The number of hydrogen-bond donors (Lipinski definition) is 1. The third-order valence-electron chi connectivity index (χ3n) is 5.46. The van der Waals surface area contributed by atoms with Crippen LogP contribution in [0.2, 0.25) is 0 Å². The van der Waals surface area contributed by atoms with E-state index in [2.05, 4.69) is 21.2 Å². The maximum Gasteiger partial charge on any atom is 0.336 e. The van der Waals surface area contributed by atoms with Crippen LogP contribution >= 0.6 is 27.3 Å². The Balaban J connectivity index is 1.84. The van der Waals surface area contributed by atoms with Crippen molar-refractivity contribution in [2.75, 3.05) is 7.11 Å². The van der Waals surface area contributed by atoms with Gasteiger partial charge in [0.25, 0.3) is 0 Å². The fourth-order valence-corrected chi connectivity index (χ4v) is 5.40. The zero-order chi connectivity index (χ0) is 20.7. The number of esters is 1. The van der Waals surface area contributed by atoms with Crippen molar-refractivity contribution in [3.63, 3.8) is 0 Å². The zero-order valence-electron chi connectivity index (χ0n) is 15.9. The second-order valence-electron chi connectivity index (χ2n) is 7.20. The van der Waals surface area contributed by atoms with Gasteiger partial charge >= 0.3 is 5.97 Å². The van der Waals surface area contributed by atoms with Crippen molar-refractivity contribution in [3.8, 4) is 0 Å². The molecular weight excluding hydrogens is 457 g/mol. The summed E-state index contributed by atoms with van der Waals surface area (Å²) in [5.74, 6) is -1.38. The highest BCUT2D eigenvalue weighted by Crippen LogP contribution is 2.46. The van der Waals surface area contributed by atoms with E-state index in [4.69, 9.17) is 4.74 Å². The molecule has 29 heavy (non-hydrogen) atoms. The van der Waals surface area contributed by atoms with E-state index in [0.717, 1.165) is 5.70 Å². The standard InChI is InChI=1S/C22H19BrFNO3S/c1-11-19(22(27)28-2)20(12-5-6-15(24)14(23)8-12)21-16(25-11)9-13(10-17(21)26)18-4-3-7-29-18/h3-8,13,20,25H,9-10H2,1-2H3. The number of carbonyl (C=O) groups is 2. The average molecular weight is 476 g/mol. The van der Waals surface area contributed by atoms with E-state index in [9.17, 15) is 14.0 Å². The number of benzene rings is 1. The summed E-state index contributed by atoms with van der Waals surface area (Å²) in [4.78, 5) is 27.1. The summed E-state index contributed by atoms with van der Waals surface area (Å²) in [6, 6.07) is 8.63. The number of thiophene rings is 1. The number of dihydropyridines is 1. The van der Waals surface area contributed by atoms with E-state index in [1.807, 2.05) is 17.5 Å². The lowest BCUT2D eigenvalue weighted by atomic mass is 9.72. The Labute approximate surface area is 180 Å². The number of Topliss-reactive ketones (excluding diaryl/α,β-unsaturated/α-hetero) is 1. The molecule has 7 heteroatoms. The largest absolute Gasteiger partial charge is 0.466 e. The van der Waals surface area contributed by atoms with Gasteiger partial charge in [-0.2, -0.15) is 0 Å². The number of nitrogens with one attached hydrogen (secondary N) is 1. The van der Waals surface area contributed by atoms with Crippen LogP contribution in [0.25, 0.3) is 0 Å². The number of allylic oxidation sites excluding steroid dienone is 3. The predicted molar refractivity (Wildman–Crippen MR) is 113 cm³/mol. The molecule has 0 bridgehead atoms. The van der Waals surface area contributed by atoms with E-state index >= 15 is 0 Å². The fourth-order valence-electron chi connectivity index (χ4n) is 4.17. The first-order chi connectivity index (χ1) is 13.9. The maximum absolute atomic E-state index is 13.8. The Morgan fingerprint density at radius 3 is 2.76 bits per heavy atom. The van der Waals surface area contributed by atoms with Crippen LogP contribution in [0.3, 0.4) is 0 Å². The molecule has 2 unspecified atom stereocenters. The normalized spacial score (nSPS) is 21.7. The number of halogens is 2. The minimum atomic E-state index is -0.590. The highest BCUT2D eigenvalue weighted by atomic mass is 79.9. The Morgan fingerprint density at radius 1 is 1.31 bits per heavy atom. The van der Waals surface area contributed by atoms with Crippen LogP contribution in [-0.4, -0.2) is 18.9 Å². The minimum absolute atomic E-state index is 0.00324. The summed E-state index contributed by atoms with van der Waals surface area (Å²) in [5.41, 5.74) is 3.11. The summed E-state index contributed by atoms with van der Waals surface area (Å²) >= 11 is 4.86. The van der Waals surface area contributed by atoms with Crippen molar-refractivity contribution in [2.45, 2.75) is 31.6 Å². The Morgan fingerprint density at radius 2 is 2.10 bits per heavy atom. The van der Waals surface area contributed by atoms with Crippen molar-refractivity contribution < 1.29 is 18.7 Å². The van der Waals surface area contributed by atoms with Gasteiger partial charge in [-0.05, 0) is 58.4 Å². The topological polar surface area (TPSA) is 55.4 Å². The van der Waals surface area contributed by atoms with Crippen molar-refractivity contribution in [1.29, 1.82) is 0 Å². The van der Waals surface area contributed by atoms with Gasteiger partial charge in [0.2, 0.25) is 0 Å². The zero-order valence-corrected chi connectivity index (χ0v) is 18.3. The first-order valence-electron chi connectivity index (χ1n) is 9.21. The molecule has 0 fully saturated rings. The van der Waals surface area contributed by atoms with Gasteiger partial charge in [0.15, 0.2) is 5.78 Å².